The maximum atomic E-state index is 12.6. The third kappa shape index (κ3) is 5.70. The number of nitrogens with one attached hydrogen (secondary N) is 2. The molecule has 2 N–H and O–H groups in total. The molecule has 1 aromatic carbocycles. The van der Waals surface area contributed by atoms with Crippen LogP contribution >= 0.6 is 11.3 Å². The lowest BCUT2D eigenvalue weighted by Gasteiger charge is -2.16. The van der Waals surface area contributed by atoms with Gasteiger partial charge in [0.2, 0.25) is 0 Å². The van der Waals surface area contributed by atoms with Crippen molar-refractivity contribution in [2.45, 2.75) is 39.7 Å². The van der Waals surface area contributed by atoms with Crippen LogP contribution in [0.2, 0.25) is 0 Å². The fourth-order valence-electron chi connectivity index (χ4n) is 3.74. The molecule has 2 aromatic heterocycles. The number of hydrazine groups is 1. The molecule has 0 saturated heterocycles. The van der Waals surface area contributed by atoms with Gasteiger partial charge >= 0.3 is 0 Å². The van der Waals surface area contributed by atoms with Gasteiger partial charge in [-0.25, -0.2) is 0 Å². The van der Waals surface area contributed by atoms with E-state index in [-0.39, 0.29) is 5.91 Å². The van der Waals surface area contributed by atoms with E-state index in [1.54, 1.807) is 30.6 Å². The van der Waals surface area contributed by atoms with Crippen molar-refractivity contribution < 1.29 is 19.1 Å². The van der Waals surface area contributed by atoms with E-state index >= 15 is 0 Å². The van der Waals surface area contributed by atoms with Crippen molar-refractivity contribution in [1.29, 1.82) is 0 Å². The van der Waals surface area contributed by atoms with Gasteiger partial charge in [0.15, 0.2) is 11.5 Å². The van der Waals surface area contributed by atoms with Crippen molar-refractivity contribution >= 4 is 23.2 Å². The first-order valence-electron chi connectivity index (χ1n) is 11.0. The highest BCUT2D eigenvalue weighted by Gasteiger charge is 2.21. The average molecular weight is 466 g/mol. The molecule has 0 spiro atoms. The minimum Gasteiger partial charge on any atom is -0.490 e. The van der Waals surface area contributed by atoms with Crippen LogP contribution in [0.1, 0.15) is 56.3 Å². The molecule has 33 heavy (non-hydrogen) atoms. The Kier molecular flexibility index (Phi) is 7.24. The number of hydrogen-bond donors (Lipinski definition) is 2. The monoisotopic (exact) mass is 465 g/mol. The van der Waals surface area contributed by atoms with Gasteiger partial charge in [0.05, 0.1) is 11.5 Å². The first kappa shape index (κ1) is 22.8. The molecule has 2 amide bonds. The molecule has 0 bridgehead atoms. The second kappa shape index (κ2) is 10.5. The Morgan fingerprint density at radius 2 is 1.85 bits per heavy atom. The fourth-order valence-corrected chi connectivity index (χ4v) is 4.85. The number of rotatable bonds is 7. The number of amides is 2. The Morgan fingerprint density at radius 1 is 1.06 bits per heavy atom. The van der Waals surface area contributed by atoms with E-state index < -0.39 is 5.91 Å². The van der Waals surface area contributed by atoms with E-state index in [1.165, 1.54) is 21.8 Å². The quantitative estimate of drug-likeness (QED) is 0.507. The lowest BCUT2D eigenvalue weighted by Crippen LogP contribution is -2.41. The van der Waals surface area contributed by atoms with Crippen LogP contribution in [0, 0.1) is 5.92 Å². The summed E-state index contributed by atoms with van der Waals surface area (Å²) >= 11 is 1.50. The number of carbonyl (C=O) groups is 2. The molecule has 1 atom stereocenters. The summed E-state index contributed by atoms with van der Waals surface area (Å²) in [6, 6.07) is 10.6. The van der Waals surface area contributed by atoms with Crippen molar-refractivity contribution in [3.8, 4) is 11.5 Å². The van der Waals surface area contributed by atoms with E-state index in [4.69, 9.17) is 9.47 Å². The number of thiophene rings is 1. The van der Waals surface area contributed by atoms with Crippen molar-refractivity contribution in [3.63, 3.8) is 0 Å². The van der Waals surface area contributed by atoms with Crippen LogP contribution in [-0.4, -0.2) is 23.4 Å². The molecule has 0 aliphatic heterocycles. The number of pyridine rings is 1. The Balaban J connectivity index is 1.38. The summed E-state index contributed by atoms with van der Waals surface area (Å²) in [7, 11) is 0. The van der Waals surface area contributed by atoms with E-state index in [0.717, 1.165) is 24.8 Å². The molecule has 0 saturated carbocycles. The number of aryl methyl sites for hydroxylation is 1. The van der Waals surface area contributed by atoms with Gasteiger partial charge in [0.1, 0.15) is 6.61 Å². The van der Waals surface area contributed by atoms with Gasteiger partial charge in [-0.1, -0.05) is 6.92 Å². The molecular weight excluding hydrogens is 438 g/mol. The normalized spacial score (nSPS) is 14.8. The van der Waals surface area contributed by atoms with E-state index in [9.17, 15) is 9.59 Å². The van der Waals surface area contributed by atoms with E-state index in [2.05, 4.69) is 22.8 Å². The zero-order chi connectivity index (χ0) is 23.2. The summed E-state index contributed by atoms with van der Waals surface area (Å²) < 4.78 is 11.5. The molecule has 0 radical (unpaired) electrons. The van der Waals surface area contributed by atoms with Gasteiger partial charge in [-0.3, -0.25) is 25.4 Å². The van der Waals surface area contributed by atoms with Crippen LogP contribution in [-0.2, 0) is 19.4 Å². The number of aromatic nitrogens is 1. The molecule has 4 rings (SSSR count). The summed E-state index contributed by atoms with van der Waals surface area (Å²) in [5.41, 5.74) is 7.60. The smallest absolute Gasteiger partial charge is 0.279 e. The maximum Gasteiger partial charge on any atom is 0.279 e. The first-order valence-corrected chi connectivity index (χ1v) is 11.9. The average Bonchev–Trinajstić information content (AvgIpc) is 3.25. The topological polar surface area (TPSA) is 89.6 Å². The molecule has 1 unspecified atom stereocenters. The van der Waals surface area contributed by atoms with Gasteiger partial charge in [0.25, 0.3) is 11.8 Å². The van der Waals surface area contributed by atoms with Crippen molar-refractivity contribution in [3.05, 3.63) is 75.2 Å². The van der Waals surface area contributed by atoms with Crippen molar-refractivity contribution in [2.75, 3.05) is 6.61 Å². The summed E-state index contributed by atoms with van der Waals surface area (Å²) in [5, 5.41) is 0. The van der Waals surface area contributed by atoms with Crippen LogP contribution in [0.15, 0.2) is 48.8 Å². The van der Waals surface area contributed by atoms with Gasteiger partial charge in [-0.05, 0) is 79.6 Å². The highest BCUT2D eigenvalue weighted by molar-refractivity contribution is 7.14. The largest absolute Gasteiger partial charge is 0.490 e. The molecule has 7 nitrogen and oxygen atoms in total. The lowest BCUT2D eigenvalue weighted by atomic mass is 9.90. The molecule has 172 valence electrons. The predicted octanol–water partition coefficient (Wildman–Crippen LogP) is 4.32. The Morgan fingerprint density at radius 3 is 2.64 bits per heavy atom. The molecule has 1 aliphatic rings. The third-order valence-corrected chi connectivity index (χ3v) is 6.73. The van der Waals surface area contributed by atoms with Gasteiger partial charge in [-0.15, -0.1) is 11.3 Å². The van der Waals surface area contributed by atoms with Crippen molar-refractivity contribution in [1.82, 2.24) is 15.8 Å². The molecule has 2 heterocycles. The minimum absolute atomic E-state index is 0.308. The zero-order valence-electron chi connectivity index (χ0n) is 18.7. The number of nitrogens with zero attached hydrogens (tertiary/aromatic N) is 1. The summed E-state index contributed by atoms with van der Waals surface area (Å²) in [4.78, 5) is 31.1. The highest BCUT2D eigenvalue weighted by Crippen LogP contribution is 2.32. The second-order valence-electron chi connectivity index (χ2n) is 8.05. The third-order valence-electron chi connectivity index (χ3n) is 5.49. The highest BCUT2D eigenvalue weighted by atomic mass is 32.1. The minimum atomic E-state index is -0.431. The van der Waals surface area contributed by atoms with Crippen LogP contribution in [0.3, 0.4) is 0 Å². The Labute approximate surface area is 197 Å². The number of hydrogen-bond acceptors (Lipinski definition) is 6. The van der Waals surface area contributed by atoms with Crippen LogP contribution < -0.4 is 20.3 Å². The predicted molar refractivity (Wildman–Crippen MR) is 127 cm³/mol. The second-order valence-corrected chi connectivity index (χ2v) is 9.19. The summed E-state index contributed by atoms with van der Waals surface area (Å²) in [6.45, 7) is 4.87. The Bertz CT molecular complexity index is 1130. The molecule has 0 fully saturated rings. The molecule has 3 aromatic rings. The van der Waals surface area contributed by atoms with Crippen LogP contribution in [0.5, 0.6) is 11.5 Å². The zero-order valence-corrected chi connectivity index (χ0v) is 19.5. The van der Waals surface area contributed by atoms with Gasteiger partial charge < -0.3 is 9.47 Å². The molecule has 8 heteroatoms. The number of fused-ring (bicyclic) bond motifs is 1. The number of benzene rings is 1. The van der Waals surface area contributed by atoms with Gasteiger partial charge in [0, 0.05) is 22.8 Å². The summed E-state index contributed by atoms with van der Waals surface area (Å²) in [6.07, 6.45) is 6.57. The van der Waals surface area contributed by atoms with E-state index in [1.807, 2.05) is 25.1 Å². The molecular formula is C25H27N3O4S. The standard InChI is InChI=1S/C25H27N3O4S/c1-3-31-21-13-18(5-6-20(21)32-15-17-8-10-26-11-9-17)24(29)27-28-25(30)23-14-19-12-16(2)4-7-22(19)33-23/h5-6,8-11,13-14,16H,3-4,7,12,15H2,1-2H3,(H,27,29)(H,28,30). The SMILES string of the molecule is CCOc1cc(C(=O)NNC(=O)c2cc3c(s2)CCC(C)C3)ccc1OCc1ccncc1. The van der Waals surface area contributed by atoms with Crippen LogP contribution in [0.4, 0.5) is 0 Å². The fraction of sp³-hybridized carbons (Fsp3) is 0.320. The van der Waals surface area contributed by atoms with E-state index in [0.29, 0.717) is 41.1 Å². The summed E-state index contributed by atoms with van der Waals surface area (Å²) in [5.74, 6) is 0.898. The Hall–Kier alpha value is -3.39. The first-order chi connectivity index (χ1) is 16.0. The van der Waals surface area contributed by atoms with Crippen LogP contribution in [0.25, 0.3) is 0 Å². The molecule has 1 aliphatic carbocycles. The maximum absolute atomic E-state index is 12.6. The van der Waals surface area contributed by atoms with Crippen molar-refractivity contribution in [2.24, 2.45) is 5.92 Å². The number of ether oxygens (including phenoxy) is 2. The van der Waals surface area contributed by atoms with Gasteiger partial charge in [-0.2, -0.15) is 0 Å². The number of carbonyl (C=O) groups excluding carboxylic acids is 2. The lowest BCUT2D eigenvalue weighted by molar-refractivity contribution is 0.0848.